The summed E-state index contributed by atoms with van der Waals surface area (Å²) >= 11 is 6.10. The molecule has 0 aliphatic carbocycles. The molecule has 0 heterocycles. The Labute approximate surface area is 172 Å². The maximum atomic E-state index is 12.7. The number of amides is 2. The number of halogens is 1. The fourth-order valence-electron chi connectivity index (χ4n) is 2.88. The molecule has 2 rings (SSSR count). The number of carbonyl (C=O) groups excluding carboxylic acids is 2. The van der Waals surface area contributed by atoms with Crippen molar-refractivity contribution in [3.05, 3.63) is 64.7 Å². The standard InChI is InChI=1S/C22H28ClN3O2/c1-3-12-26(13-4-2)22(28)17-9-7-10-19(14-17)24-16-21(27)25-15-18-8-5-6-11-20(18)23/h5-11,14,24H,3-4,12-13,15-16H2,1-2H3,(H,25,27). The van der Waals surface area contributed by atoms with Crippen LogP contribution in [0.4, 0.5) is 5.69 Å². The van der Waals surface area contributed by atoms with Gasteiger partial charge in [-0.05, 0) is 42.7 Å². The largest absolute Gasteiger partial charge is 0.376 e. The molecule has 2 N–H and O–H groups in total. The predicted octanol–water partition coefficient (Wildman–Crippen LogP) is 4.33. The molecule has 5 nitrogen and oxygen atoms in total. The van der Waals surface area contributed by atoms with Crippen molar-refractivity contribution < 1.29 is 9.59 Å². The second-order valence-corrected chi connectivity index (χ2v) is 7.00. The SMILES string of the molecule is CCCN(CCC)C(=O)c1cccc(NCC(=O)NCc2ccccc2Cl)c1. The van der Waals surface area contributed by atoms with Gasteiger partial charge in [0, 0.05) is 35.9 Å². The minimum absolute atomic E-state index is 0.0236. The molecule has 0 aromatic heterocycles. The Balaban J connectivity index is 1.90. The van der Waals surface area contributed by atoms with E-state index in [1.807, 2.05) is 41.3 Å². The van der Waals surface area contributed by atoms with Gasteiger partial charge in [0.1, 0.15) is 0 Å². The van der Waals surface area contributed by atoms with E-state index >= 15 is 0 Å². The lowest BCUT2D eigenvalue weighted by Gasteiger charge is -2.21. The molecule has 0 bridgehead atoms. The number of nitrogens with one attached hydrogen (secondary N) is 2. The van der Waals surface area contributed by atoms with Crippen LogP contribution >= 0.6 is 11.6 Å². The molecule has 6 heteroatoms. The minimum Gasteiger partial charge on any atom is -0.376 e. The van der Waals surface area contributed by atoms with Crippen LogP contribution in [-0.2, 0) is 11.3 Å². The highest BCUT2D eigenvalue weighted by Gasteiger charge is 2.14. The molecule has 2 aromatic rings. The van der Waals surface area contributed by atoms with E-state index < -0.39 is 0 Å². The molecule has 0 saturated heterocycles. The van der Waals surface area contributed by atoms with E-state index in [1.54, 1.807) is 12.1 Å². The summed E-state index contributed by atoms with van der Waals surface area (Å²) in [4.78, 5) is 26.7. The number of carbonyl (C=O) groups is 2. The minimum atomic E-state index is -0.143. The number of nitrogens with zero attached hydrogens (tertiary/aromatic N) is 1. The van der Waals surface area contributed by atoms with E-state index in [2.05, 4.69) is 24.5 Å². The van der Waals surface area contributed by atoms with Gasteiger partial charge in [-0.15, -0.1) is 0 Å². The van der Waals surface area contributed by atoms with Gasteiger partial charge in [0.15, 0.2) is 0 Å². The lowest BCUT2D eigenvalue weighted by atomic mass is 10.1. The van der Waals surface area contributed by atoms with Gasteiger partial charge in [-0.2, -0.15) is 0 Å². The fourth-order valence-corrected chi connectivity index (χ4v) is 3.08. The summed E-state index contributed by atoms with van der Waals surface area (Å²) in [7, 11) is 0. The highest BCUT2D eigenvalue weighted by Crippen LogP contribution is 2.15. The van der Waals surface area contributed by atoms with Crippen LogP contribution in [-0.4, -0.2) is 36.3 Å². The van der Waals surface area contributed by atoms with E-state index in [0.717, 1.165) is 37.2 Å². The number of hydrogen-bond acceptors (Lipinski definition) is 3. The smallest absolute Gasteiger partial charge is 0.253 e. The molecule has 0 aliphatic heterocycles. The Bertz CT molecular complexity index is 789. The third-order valence-electron chi connectivity index (χ3n) is 4.27. The molecule has 28 heavy (non-hydrogen) atoms. The molecule has 2 amide bonds. The van der Waals surface area contributed by atoms with E-state index in [-0.39, 0.29) is 18.4 Å². The van der Waals surface area contributed by atoms with Gasteiger partial charge in [-0.3, -0.25) is 9.59 Å². The molecule has 150 valence electrons. The molecule has 0 fully saturated rings. The maximum absolute atomic E-state index is 12.7. The van der Waals surface area contributed by atoms with Crippen LogP contribution in [0.3, 0.4) is 0 Å². The molecule has 2 aromatic carbocycles. The zero-order valence-corrected chi connectivity index (χ0v) is 17.3. The van der Waals surface area contributed by atoms with Crippen molar-refractivity contribution in [3.63, 3.8) is 0 Å². The van der Waals surface area contributed by atoms with Gasteiger partial charge >= 0.3 is 0 Å². The van der Waals surface area contributed by atoms with E-state index in [4.69, 9.17) is 11.6 Å². The number of anilines is 1. The Kier molecular flexibility index (Phi) is 8.82. The van der Waals surface area contributed by atoms with Crippen LogP contribution in [0.25, 0.3) is 0 Å². The maximum Gasteiger partial charge on any atom is 0.253 e. The van der Waals surface area contributed by atoms with Crippen LogP contribution in [0, 0.1) is 0 Å². The number of rotatable bonds is 10. The van der Waals surface area contributed by atoms with Crippen molar-refractivity contribution in [2.24, 2.45) is 0 Å². The zero-order valence-electron chi connectivity index (χ0n) is 16.5. The average molecular weight is 402 g/mol. The summed E-state index contributed by atoms with van der Waals surface area (Å²) in [5.41, 5.74) is 2.24. The topological polar surface area (TPSA) is 61.4 Å². The Morgan fingerprint density at radius 2 is 1.71 bits per heavy atom. The molecule has 0 saturated carbocycles. The average Bonchev–Trinajstić information content (AvgIpc) is 2.71. The van der Waals surface area contributed by atoms with Gasteiger partial charge < -0.3 is 15.5 Å². The quantitative estimate of drug-likeness (QED) is 0.622. The monoisotopic (exact) mass is 401 g/mol. The molecule has 0 aliphatic rings. The third kappa shape index (κ3) is 6.57. The van der Waals surface area contributed by atoms with Gasteiger partial charge in [0.2, 0.25) is 5.91 Å². The molecule has 0 atom stereocenters. The van der Waals surface area contributed by atoms with Gasteiger partial charge in [0.05, 0.1) is 6.54 Å². The second-order valence-electron chi connectivity index (χ2n) is 6.59. The van der Waals surface area contributed by atoms with Crippen LogP contribution in [0.2, 0.25) is 5.02 Å². The van der Waals surface area contributed by atoms with Crippen LogP contribution in [0.15, 0.2) is 48.5 Å². The van der Waals surface area contributed by atoms with Crippen LogP contribution in [0.5, 0.6) is 0 Å². The highest BCUT2D eigenvalue weighted by molar-refractivity contribution is 6.31. The number of hydrogen-bond donors (Lipinski definition) is 2. The molecule has 0 radical (unpaired) electrons. The summed E-state index contributed by atoms with van der Waals surface area (Å²) in [5.74, 6) is -0.120. The molecular weight excluding hydrogens is 374 g/mol. The van der Waals surface area contributed by atoms with Crippen LogP contribution < -0.4 is 10.6 Å². The lowest BCUT2D eigenvalue weighted by Crippen LogP contribution is -2.32. The lowest BCUT2D eigenvalue weighted by molar-refractivity contribution is -0.119. The van der Waals surface area contributed by atoms with Crippen molar-refractivity contribution in [1.82, 2.24) is 10.2 Å². The van der Waals surface area contributed by atoms with E-state index in [9.17, 15) is 9.59 Å². The molecule has 0 unspecified atom stereocenters. The van der Waals surface area contributed by atoms with Crippen molar-refractivity contribution in [2.75, 3.05) is 25.0 Å². The normalized spacial score (nSPS) is 10.4. The summed E-state index contributed by atoms with van der Waals surface area (Å²) in [5, 5.41) is 6.55. The first-order valence-electron chi connectivity index (χ1n) is 9.68. The van der Waals surface area contributed by atoms with Crippen molar-refractivity contribution in [3.8, 4) is 0 Å². The summed E-state index contributed by atoms with van der Waals surface area (Å²) in [6, 6.07) is 14.7. The van der Waals surface area contributed by atoms with Crippen molar-refractivity contribution in [1.29, 1.82) is 0 Å². The predicted molar refractivity (Wildman–Crippen MR) is 115 cm³/mol. The van der Waals surface area contributed by atoms with Crippen molar-refractivity contribution in [2.45, 2.75) is 33.2 Å². The highest BCUT2D eigenvalue weighted by atomic mass is 35.5. The first-order valence-corrected chi connectivity index (χ1v) is 10.1. The zero-order chi connectivity index (χ0) is 20.4. The van der Waals surface area contributed by atoms with Gasteiger partial charge in [-0.1, -0.05) is 49.7 Å². The van der Waals surface area contributed by atoms with Crippen molar-refractivity contribution >= 4 is 29.1 Å². The van der Waals surface area contributed by atoms with E-state index in [1.165, 1.54) is 0 Å². The summed E-state index contributed by atoms with van der Waals surface area (Å²) in [6.45, 7) is 6.12. The van der Waals surface area contributed by atoms with Crippen LogP contribution in [0.1, 0.15) is 42.6 Å². The number of benzene rings is 2. The fraction of sp³-hybridized carbons (Fsp3) is 0.364. The van der Waals surface area contributed by atoms with E-state index in [0.29, 0.717) is 17.1 Å². The summed E-state index contributed by atoms with van der Waals surface area (Å²) < 4.78 is 0. The third-order valence-corrected chi connectivity index (χ3v) is 4.64. The first kappa shape index (κ1) is 21.8. The summed E-state index contributed by atoms with van der Waals surface area (Å²) in [6.07, 6.45) is 1.85. The first-order chi connectivity index (χ1) is 13.5. The molecular formula is C22H28ClN3O2. The molecule has 0 spiro atoms. The van der Waals surface area contributed by atoms with Gasteiger partial charge in [0.25, 0.3) is 5.91 Å². The Morgan fingerprint density at radius 3 is 2.39 bits per heavy atom. The van der Waals surface area contributed by atoms with Gasteiger partial charge in [-0.25, -0.2) is 0 Å². The second kappa shape index (κ2) is 11.3. The Hall–Kier alpha value is -2.53. The Morgan fingerprint density at radius 1 is 1.00 bits per heavy atom.